The number of aliphatic hydroxyl groups is 1. The van der Waals surface area contributed by atoms with Gasteiger partial charge in [-0.25, -0.2) is 4.18 Å². The van der Waals surface area contributed by atoms with Gasteiger partial charge in [0.2, 0.25) is 6.29 Å². The average molecular weight is 201 g/mol. The minimum Gasteiger partial charge on any atom is -0.480 e. The molecule has 8 nitrogen and oxygen atoms in total. The third-order valence-corrected chi connectivity index (χ3v) is 1.25. The number of rotatable bonds is 4. The van der Waals surface area contributed by atoms with Gasteiger partial charge < -0.3 is 15.9 Å². The predicted molar refractivity (Wildman–Crippen MR) is 34.3 cm³/mol. The van der Waals surface area contributed by atoms with Crippen LogP contribution in [0.3, 0.4) is 0 Å². The zero-order valence-corrected chi connectivity index (χ0v) is 6.43. The summed E-state index contributed by atoms with van der Waals surface area (Å²) in [5, 5.41) is 16.7. The van der Waals surface area contributed by atoms with Crippen LogP contribution in [0.5, 0.6) is 0 Å². The molecule has 9 heteroatoms. The molecule has 0 unspecified atom stereocenters. The van der Waals surface area contributed by atoms with E-state index in [9.17, 15) is 13.2 Å². The first-order valence-corrected chi connectivity index (χ1v) is 3.92. The number of carbonyl (C=O) groups is 1. The standard InChI is InChI=1S/C3H7NO7S/c4-1(2(5)6)3(7)11-12(8,9)10/h1,3,7H,4H2,(H,5,6)(H,8,9,10)/t1-,3+/m1/s1. The van der Waals surface area contributed by atoms with Gasteiger partial charge in [-0.05, 0) is 0 Å². The fourth-order valence-electron chi connectivity index (χ4n) is 0.306. The molecule has 2 atom stereocenters. The Kier molecular flexibility index (Phi) is 3.55. The van der Waals surface area contributed by atoms with Crippen molar-refractivity contribution in [3.05, 3.63) is 0 Å². The largest absolute Gasteiger partial charge is 0.480 e. The van der Waals surface area contributed by atoms with Crippen molar-refractivity contribution in [3.8, 4) is 0 Å². The zero-order chi connectivity index (χ0) is 9.94. The molecule has 0 aromatic rings. The van der Waals surface area contributed by atoms with E-state index in [0.717, 1.165) is 0 Å². The Bertz CT molecular complexity index is 258. The van der Waals surface area contributed by atoms with Crippen LogP contribution < -0.4 is 5.73 Å². The molecule has 0 aliphatic heterocycles. The van der Waals surface area contributed by atoms with E-state index in [0.29, 0.717) is 0 Å². The first kappa shape index (κ1) is 11.3. The van der Waals surface area contributed by atoms with E-state index in [-0.39, 0.29) is 0 Å². The van der Waals surface area contributed by atoms with Crippen LogP contribution in [0.4, 0.5) is 0 Å². The monoisotopic (exact) mass is 201 g/mol. The number of carboxylic acid groups (broad SMARTS) is 1. The van der Waals surface area contributed by atoms with Gasteiger partial charge in [0.05, 0.1) is 0 Å². The van der Waals surface area contributed by atoms with Gasteiger partial charge in [-0.2, -0.15) is 8.42 Å². The average Bonchev–Trinajstić information content (AvgIpc) is 1.82. The number of aliphatic carboxylic acids is 1. The van der Waals surface area contributed by atoms with Crippen LogP contribution in [0.1, 0.15) is 0 Å². The van der Waals surface area contributed by atoms with Gasteiger partial charge in [0.1, 0.15) is 0 Å². The number of nitrogens with two attached hydrogens (primary N) is 1. The van der Waals surface area contributed by atoms with Crippen molar-refractivity contribution >= 4 is 16.4 Å². The number of aliphatic hydroxyl groups excluding tert-OH is 1. The van der Waals surface area contributed by atoms with Crippen molar-refractivity contribution in [3.63, 3.8) is 0 Å². The summed E-state index contributed by atoms with van der Waals surface area (Å²) in [5.74, 6) is -1.66. The highest BCUT2D eigenvalue weighted by Gasteiger charge is 2.26. The molecule has 0 aliphatic carbocycles. The molecule has 0 fully saturated rings. The predicted octanol–water partition coefficient (Wildman–Crippen LogP) is -2.46. The first-order chi connectivity index (χ1) is 5.24. The van der Waals surface area contributed by atoms with E-state index in [1.807, 2.05) is 0 Å². The van der Waals surface area contributed by atoms with Crippen molar-refractivity contribution < 1.29 is 32.2 Å². The van der Waals surface area contributed by atoms with Crippen molar-refractivity contribution in [2.24, 2.45) is 5.73 Å². The minimum absolute atomic E-state index is 1.66. The second-order valence-corrected chi connectivity index (χ2v) is 2.83. The summed E-state index contributed by atoms with van der Waals surface area (Å²) in [6, 6.07) is -1.94. The second-order valence-electron chi connectivity index (χ2n) is 1.78. The molecule has 0 spiro atoms. The lowest BCUT2D eigenvalue weighted by Crippen LogP contribution is -2.44. The van der Waals surface area contributed by atoms with E-state index in [1.54, 1.807) is 0 Å². The molecular weight excluding hydrogens is 194 g/mol. The van der Waals surface area contributed by atoms with E-state index >= 15 is 0 Å². The maximum absolute atomic E-state index is 9.99. The van der Waals surface area contributed by atoms with Crippen LogP contribution in [0.25, 0.3) is 0 Å². The highest BCUT2D eigenvalue weighted by Crippen LogP contribution is 1.97. The lowest BCUT2D eigenvalue weighted by Gasteiger charge is -2.12. The van der Waals surface area contributed by atoms with Gasteiger partial charge in [-0.3, -0.25) is 9.35 Å². The molecule has 0 bridgehead atoms. The van der Waals surface area contributed by atoms with Gasteiger partial charge in [0.25, 0.3) is 0 Å². The summed E-state index contributed by atoms with van der Waals surface area (Å²) < 4.78 is 31.2. The smallest absolute Gasteiger partial charge is 0.399 e. The SMILES string of the molecule is N[C@H](C(=O)O)[C@@H](O)OS(=O)(=O)O. The molecule has 0 heterocycles. The number of hydrogen-bond acceptors (Lipinski definition) is 6. The molecular formula is C3H7NO7S. The van der Waals surface area contributed by atoms with E-state index < -0.39 is 28.7 Å². The Balaban J connectivity index is 4.23. The molecule has 0 saturated heterocycles. The molecule has 0 rings (SSSR count). The normalized spacial score (nSPS) is 16.9. The van der Waals surface area contributed by atoms with Gasteiger partial charge in [-0.1, -0.05) is 0 Å². The Morgan fingerprint density at radius 3 is 2.17 bits per heavy atom. The Morgan fingerprint density at radius 2 is 1.92 bits per heavy atom. The summed E-state index contributed by atoms with van der Waals surface area (Å²) >= 11 is 0. The molecule has 0 aliphatic rings. The third kappa shape index (κ3) is 4.20. The Hall–Kier alpha value is -0.740. The maximum Gasteiger partial charge on any atom is 0.399 e. The summed E-state index contributed by atoms with van der Waals surface area (Å²) in [5.41, 5.74) is 4.72. The summed E-state index contributed by atoms with van der Waals surface area (Å²) in [6.45, 7) is 0. The molecule has 12 heavy (non-hydrogen) atoms. The summed E-state index contributed by atoms with van der Waals surface area (Å²) in [4.78, 5) is 9.99. The van der Waals surface area contributed by atoms with Crippen LogP contribution >= 0.6 is 0 Å². The Labute approximate surface area is 67.5 Å². The van der Waals surface area contributed by atoms with E-state index in [2.05, 4.69) is 4.18 Å². The summed E-state index contributed by atoms with van der Waals surface area (Å²) in [6.07, 6.45) is -2.31. The highest BCUT2D eigenvalue weighted by atomic mass is 32.3. The highest BCUT2D eigenvalue weighted by molar-refractivity contribution is 7.80. The van der Waals surface area contributed by atoms with Crippen LogP contribution in [-0.2, 0) is 19.4 Å². The number of carboxylic acids is 1. The van der Waals surface area contributed by atoms with E-state index in [1.165, 1.54) is 0 Å². The fourth-order valence-corrected chi connectivity index (χ4v) is 0.675. The Morgan fingerprint density at radius 1 is 1.50 bits per heavy atom. The second kappa shape index (κ2) is 3.78. The first-order valence-electron chi connectivity index (χ1n) is 2.56. The molecule has 0 aromatic carbocycles. The van der Waals surface area contributed by atoms with Crippen molar-refractivity contribution in [2.75, 3.05) is 0 Å². The molecule has 0 saturated carbocycles. The van der Waals surface area contributed by atoms with Crippen LogP contribution in [0.15, 0.2) is 0 Å². The fraction of sp³-hybridized carbons (Fsp3) is 0.667. The molecule has 72 valence electrons. The maximum atomic E-state index is 9.99. The van der Waals surface area contributed by atoms with Gasteiger partial charge in [-0.15, -0.1) is 0 Å². The lowest BCUT2D eigenvalue weighted by molar-refractivity contribution is -0.147. The van der Waals surface area contributed by atoms with E-state index in [4.69, 9.17) is 20.5 Å². The molecule has 0 amide bonds. The van der Waals surface area contributed by atoms with Crippen molar-refractivity contribution in [1.82, 2.24) is 0 Å². The number of hydrogen-bond donors (Lipinski definition) is 4. The van der Waals surface area contributed by atoms with Crippen LogP contribution in [-0.4, -0.2) is 41.5 Å². The third-order valence-electron chi connectivity index (χ3n) is 0.813. The topological polar surface area (TPSA) is 147 Å². The van der Waals surface area contributed by atoms with Crippen LogP contribution in [0.2, 0.25) is 0 Å². The van der Waals surface area contributed by atoms with Crippen LogP contribution in [0, 0.1) is 0 Å². The minimum atomic E-state index is -4.90. The van der Waals surface area contributed by atoms with Crippen molar-refractivity contribution in [2.45, 2.75) is 12.3 Å². The van der Waals surface area contributed by atoms with Gasteiger partial charge in [0.15, 0.2) is 6.04 Å². The van der Waals surface area contributed by atoms with Gasteiger partial charge >= 0.3 is 16.4 Å². The quantitative estimate of drug-likeness (QED) is 0.289. The zero-order valence-electron chi connectivity index (χ0n) is 5.61. The molecule has 0 aromatic heterocycles. The molecule has 0 radical (unpaired) electrons. The lowest BCUT2D eigenvalue weighted by atomic mass is 10.3. The molecule has 5 N–H and O–H groups in total. The summed E-state index contributed by atoms with van der Waals surface area (Å²) in [7, 11) is -4.90. The van der Waals surface area contributed by atoms with Crippen molar-refractivity contribution in [1.29, 1.82) is 0 Å². The van der Waals surface area contributed by atoms with Gasteiger partial charge in [0, 0.05) is 0 Å².